The molecule has 0 saturated heterocycles. The Morgan fingerprint density at radius 1 is 1.19 bits per heavy atom. The van der Waals surface area contributed by atoms with Crippen molar-refractivity contribution in [1.82, 2.24) is 4.98 Å². The van der Waals surface area contributed by atoms with Gasteiger partial charge in [0, 0.05) is 18.0 Å². The molecule has 3 nitrogen and oxygen atoms in total. The van der Waals surface area contributed by atoms with Crippen LogP contribution in [-0.2, 0) is 6.61 Å². The quantitative estimate of drug-likeness (QED) is 0.855. The lowest BCUT2D eigenvalue weighted by Crippen LogP contribution is -1.88. The van der Waals surface area contributed by atoms with Gasteiger partial charge in [0.05, 0.1) is 6.61 Å². The molecule has 2 aromatic rings. The van der Waals surface area contributed by atoms with Gasteiger partial charge in [0.2, 0.25) is 0 Å². The lowest BCUT2D eigenvalue weighted by atomic mass is 10.2. The summed E-state index contributed by atoms with van der Waals surface area (Å²) in [5.41, 5.74) is 1.75. The van der Waals surface area contributed by atoms with Gasteiger partial charge in [0.25, 0.3) is 0 Å². The first kappa shape index (κ1) is 10.6. The first-order chi connectivity index (χ1) is 7.78. The molecule has 0 saturated carbocycles. The van der Waals surface area contributed by atoms with Crippen molar-refractivity contribution in [3.05, 3.63) is 53.9 Å². The van der Waals surface area contributed by atoms with E-state index in [1.165, 1.54) is 0 Å². The zero-order valence-corrected chi connectivity index (χ0v) is 9.05. The van der Waals surface area contributed by atoms with E-state index in [-0.39, 0.29) is 6.61 Å². The van der Waals surface area contributed by atoms with Crippen LogP contribution in [-0.4, -0.2) is 10.1 Å². The van der Waals surface area contributed by atoms with Crippen LogP contribution in [0.3, 0.4) is 0 Å². The molecule has 0 spiro atoms. The average molecular weight is 215 g/mol. The fourth-order valence-electron chi connectivity index (χ4n) is 1.43. The van der Waals surface area contributed by atoms with Gasteiger partial charge in [-0.05, 0) is 30.7 Å². The zero-order chi connectivity index (χ0) is 11.4. The average Bonchev–Trinajstić information content (AvgIpc) is 2.29. The van der Waals surface area contributed by atoms with Crippen LogP contribution in [0.2, 0.25) is 0 Å². The van der Waals surface area contributed by atoms with E-state index in [4.69, 9.17) is 9.84 Å². The van der Waals surface area contributed by atoms with Crippen molar-refractivity contribution in [2.75, 3.05) is 0 Å². The molecule has 0 aliphatic heterocycles. The van der Waals surface area contributed by atoms with E-state index in [2.05, 4.69) is 4.98 Å². The van der Waals surface area contributed by atoms with Crippen LogP contribution >= 0.6 is 0 Å². The number of benzene rings is 1. The number of aryl methyl sites for hydroxylation is 1. The van der Waals surface area contributed by atoms with Gasteiger partial charge in [-0.3, -0.25) is 4.98 Å². The van der Waals surface area contributed by atoms with E-state index in [1.807, 2.05) is 37.3 Å². The molecule has 0 aliphatic rings. The maximum atomic E-state index is 9.01. The lowest BCUT2D eigenvalue weighted by Gasteiger charge is -2.06. The zero-order valence-electron chi connectivity index (χ0n) is 9.05. The number of hydrogen-bond acceptors (Lipinski definition) is 3. The summed E-state index contributed by atoms with van der Waals surface area (Å²) in [6.45, 7) is 1.93. The molecule has 0 fully saturated rings. The minimum absolute atomic E-state index is 0.0204. The predicted molar refractivity (Wildman–Crippen MR) is 61.4 cm³/mol. The molecule has 1 heterocycles. The van der Waals surface area contributed by atoms with Crippen LogP contribution in [0.15, 0.2) is 42.6 Å². The first-order valence-corrected chi connectivity index (χ1v) is 5.08. The molecule has 2 rings (SSSR count). The number of pyridine rings is 1. The number of aliphatic hydroxyl groups excluding tert-OH is 1. The molecule has 0 unspecified atom stereocenters. The van der Waals surface area contributed by atoms with Crippen molar-refractivity contribution in [3.63, 3.8) is 0 Å². The fourth-order valence-corrected chi connectivity index (χ4v) is 1.43. The Balaban J connectivity index is 2.20. The van der Waals surface area contributed by atoms with Crippen LogP contribution in [0.25, 0.3) is 0 Å². The highest BCUT2D eigenvalue weighted by molar-refractivity contribution is 5.33. The molecular weight excluding hydrogens is 202 g/mol. The molecule has 1 aromatic heterocycles. The molecule has 1 N–H and O–H groups in total. The summed E-state index contributed by atoms with van der Waals surface area (Å²) >= 11 is 0. The summed E-state index contributed by atoms with van der Waals surface area (Å²) in [5, 5.41) is 9.01. The highest BCUT2D eigenvalue weighted by Crippen LogP contribution is 2.22. The van der Waals surface area contributed by atoms with Gasteiger partial charge in [-0.2, -0.15) is 0 Å². The first-order valence-electron chi connectivity index (χ1n) is 5.08. The third-order valence-corrected chi connectivity index (χ3v) is 2.18. The van der Waals surface area contributed by atoms with Gasteiger partial charge in [0.15, 0.2) is 0 Å². The van der Waals surface area contributed by atoms with Gasteiger partial charge in [-0.15, -0.1) is 0 Å². The van der Waals surface area contributed by atoms with Crippen LogP contribution in [0, 0.1) is 6.92 Å². The van der Waals surface area contributed by atoms with Crippen LogP contribution in [0.4, 0.5) is 0 Å². The molecule has 0 atom stereocenters. The van der Waals surface area contributed by atoms with E-state index in [1.54, 1.807) is 12.3 Å². The maximum Gasteiger partial charge on any atom is 0.130 e. The van der Waals surface area contributed by atoms with E-state index in [9.17, 15) is 0 Å². The van der Waals surface area contributed by atoms with Gasteiger partial charge < -0.3 is 9.84 Å². The monoisotopic (exact) mass is 215 g/mol. The largest absolute Gasteiger partial charge is 0.457 e. The highest BCUT2D eigenvalue weighted by Gasteiger charge is 1.99. The van der Waals surface area contributed by atoms with Gasteiger partial charge in [-0.1, -0.05) is 12.1 Å². The molecule has 1 aromatic carbocycles. The molecule has 16 heavy (non-hydrogen) atoms. The summed E-state index contributed by atoms with van der Waals surface area (Å²) in [6, 6.07) is 11.1. The second-order valence-corrected chi connectivity index (χ2v) is 3.54. The predicted octanol–water partition coefficient (Wildman–Crippen LogP) is 2.67. The Morgan fingerprint density at radius 3 is 2.75 bits per heavy atom. The van der Waals surface area contributed by atoms with Crippen molar-refractivity contribution in [2.24, 2.45) is 0 Å². The van der Waals surface area contributed by atoms with E-state index in [0.717, 1.165) is 22.8 Å². The van der Waals surface area contributed by atoms with E-state index < -0.39 is 0 Å². The van der Waals surface area contributed by atoms with Gasteiger partial charge in [-0.25, -0.2) is 0 Å². The Bertz CT molecular complexity index is 483. The lowest BCUT2D eigenvalue weighted by molar-refractivity contribution is 0.281. The Kier molecular flexibility index (Phi) is 3.17. The Morgan fingerprint density at radius 2 is 2.00 bits per heavy atom. The SMILES string of the molecule is Cc1cc(Oc2cccc(CO)c2)ccn1. The van der Waals surface area contributed by atoms with Crippen molar-refractivity contribution >= 4 is 0 Å². The third-order valence-electron chi connectivity index (χ3n) is 2.18. The number of rotatable bonds is 3. The summed E-state index contributed by atoms with van der Waals surface area (Å²) in [7, 11) is 0. The van der Waals surface area contributed by atoms with Crippen molar-refractivity contribution in [1.29, 1.82) is 0 Å². The second kappa shape index (κ2) is 4.77. The summed E-state index contributed by atoms with van der Waals surface area (Å²) in [6.07, 6.45) is 1.71. The van der Waals surface area contributed by atoms with Crippen molar-refractivity contribution in [3.8, 4) is 11.5 Å². The molecule has 0 amide bonds. The summed E-state index contributed by atoms with van der Waals surface area (Å²) < 4.78 is 5.65. The molecule has 82 valence electrons. The normalized spacial score (nSPS) is 10.1. The van der Waals surface area contributed by atoms with Crippen LogP contribution < -0.4 is 4.74 Å². The number of aromatic nitrogens is 1. The minimum atomic E-state index is 0.0204. The van der Waals surface area contributed by atoms with Crippen molar-refractivity contribution in [2.45, 2.75) is 13.5 Å². The minimum Gasteiger partial charge on any atom is -0.457 e. The molecule has 3 heteroatoms. The van der Waals surface area contributed by atoms with E-state index >= 15 is 0 Å². The molecule has 0 bridgehead atoms. The summed E-state index contributed by atoms with van der Waals surface area (Å²) in [5.74, 6) is 1.47. The highest BCUT2D eigenvalue weighted by atomic mass is 16.5. The van der Waals surface area contributed by atoms with Gasteiger partial charge in [0.1, 0.15) is 11.5 Å². The standard InChI is InChI=1S/C13H13NO2/c1-10-7-13(5-6-14-10)16-12-4-2-3-11(8-12)9-15/h2-8,15H,9H2,1H3. The Labute approximate surface area is 94.3 Å². The molecular formula is C13H13NO2. The fraction of sp³-hybridized carbons (Fsp3) is 0.154. The summed E-state index contributed by atoms with van der Waals surface area (Å²) in [4.78, 5) is 4.10. The number of ether oxygens (including phenoxy) is 1. The number of hydrogen-bond donors (Lipinski definition) is 1. The number of aliphatic hydroxyl groups is 1. The van der Waals surface area contributed by atoms with Gasteiger partial charge >= 0.3 is 0 Å². The maximum absolute atomic E-state index is 9.01. The number of nitrogens with zero attached hydrogens (tertiary/aromatic N) is 1. The topological polar surface area (TPSA) is 42.4 Å². The van der Waals surface area contributed by atoms with Crippen LogP contribution in [0.1, 0.15) is 11.3 Å². The molecule has 0 radical (unpaired) electrons. The van der Waals surface area contributed by atoms with E-state index in [0.29, 0.717) is 0 Å². The smallest absolute Gasteiger partial charge is 0.130 e. The third kappa shape index (κ3) is 2.58. The van der Waals surface area contributed by atoms with Crippen LogP contribution in [0.5, 0.6) is 11.5 Å². The van der Waals surface area contributed by atoms with Crippen molar-refractivity contribution < 1.29 is 9.84 Å². The Hall–Kier alpha value is -1.87. The second-order valence-electron chi connectivity index (χ2n) is 3.54. The molecule has 0 aliphatic carbocycles.